The van der Waals surface area contributed by atoms with Crippen molar-refractivity contribution >= 4 is 29.9 Å². The van der Waals surface area contributed by atoms with Gasteiger partial charge < -0.3 is 10.6 Å². The molecule has 0 amide bonds. The first-order chi connectivity index (χ1) is 10.7. The Morgan fingerprint density at radius 1 is 1.26 bits per heavy atom. The highest BCUT2D eigenvalue weighted by atomic mass is 127. The van der Waals surface area contributed by atoms with Crippen LogP contribution in [0, 0.1) is 11.8 Å². The molecule has 0 aromatic carbocycles. The van der Waals surface area contributed by atoms with Gasteiger partial charge in [0.25, 0.3) is 0 Å². The Labute approximate surface area is 158 Å². The lowest BCUT2D eigenvalue weighted by Gasteiger charge is -2.32. The summed E-state index contributed by atoms with van der Waals surface area (Å²) in [5, 5.41) is 6.94. The van der Waals surface area contributed by atoms with Crippen LogP contribution in [0.2, 0.25) is 0 Å². The molecule has 0 bridgehead atoms. The number of halogens is 1. The van der Waals surface area contributed by atoms with Gasteiger partial charge in [-0.05, 0) is 56.6 Å². The van der Waals surface area contributed by atoms with Gasteiger partial charge in [0.1, 0.15) is 0 Å². The minimum absolute atomic E-state index is 0. The summed E-state index contributed by atoms with van der Waals surface area (Å²) in [6.07, 6.45) is 6.97. The summed E-state index contributed by atoms with van der Waals surface area (Å²) < 4.78 is 0. The fraction of sp³-hybridized carbons (Fsp3) is 0.667. The normalized spacial score (nSPS) is 21.7. The monoisotopic (exact) mass is 430 g/mol. The van der Waals surface area contributed by atoms with Crippen LogP contribution in [-0.4, -0.2) is 23.5 Å². The highest BCUT2D eigenvalue weighted by Crippen LogP contribution is 2.29. The molecule has 1 aromatic rings. The predicted octanol–water partition coefficient (Wildman–Crippen LogP) is 3.97. The molecule has 0 unspecified atom stereocenters. The molecule has 1 heterocycles. The Balaban J connectivity index is 0.00000264. The van der Waals surface area contributed by atoms with E-state index in [1.165, 1.54) is 25.7 Å². The lowest BCUT2D eigenvalue weighted by atomic mass is 9.80. The lowest BCUT2D eigenvalue weighted by molar-refractivity contribution is 0.250. The van der Waals surface area contributed by atoms with E-state index in [4.69, 9.17) is 0 Å². The van der Waals surface area contributed by atoms with E-state index >= 15 is 0 Å². The third kappa shape index (κ3) is 7.06. The molecule has 0 aliphatic heterocycles. The topological polar surface area (TPSA) is 49.3 Å². The van der Waals surface area contributed by atoms with Crippen LogP contribution in [0.5, 0.6) is 0 Å². The molecule has 0 spiro atoms. The van der Waals surface area contributed by atoms with Crippen molar-refractivity contribution in [1.29, 1.82) is 0 Å². The third-order valence-corrected chi connectivity index (χ3v) is 4.53. The van der Waals surface area contributed by atoms with E-state index in [0.29, 0.717) is 12.6 Å². The van der Waals surface area contributed by atoms with Crippen LogP contribution >= 0.6 is 24.0 Å². The quantitative estimate of drug-likeness (QED) is 0.422. The molecule has 130 valence electrons. The minimum Gasteiger partial charge on any atom is -0.357 e. The van der Waals surface area contributed by atoms with Gasteiger partial charge in [-0.15, -0.1) is 24.0 Å². The van der Waals surface area contributed by atoms with Gasteiger partial charge in [0, 0.05) is 18.8 Å². The molecule has 23 heavy (non-hydrogen) atoms. The number of hydrogen-bond acceptors (Lipinski definition) is 2. The van der Waals surface area contributed by atoms with Gasteiger partial charge in [0.15, 0.2) is 5.96 Å². The standard InChI is InChI=1S/C18H30N4.HI/c1-4-19-18(21-13-17-7-5-6-12-20-17)22-16-10-8-15(9-11-16)14(2)3;/h5-7,12,14-16H,4,8-11,13H2,1-3H3,(H2,19,21,22);1H. The first-order valence-corrected chi connectivity index (χ1v) is 8.63. The SMILES string of the molecule is CCNC(=NCc1ccccn1)NC1CCC(C(C)C)CC1.I. The van der Waals surface area contributed by atoms with Crippen molar-refractivity contribution in [2.45, 2.75) is 59.0 Å². The van der Waals surface area contributed by atoms with E-state index in [0.717, 1.165) is 30.0 Å². The number of nitrogens with zero attached hydrogens (tertiary/aromatic N) is 2. The third-order valence-electron chi connectivity index (χ3n) is 4.53. The fourth-order valence-electron chi connectivity index (χ4n) is 3.10. The highest BCUT2D eigenvalue weighted by molar-refractivity contribution is 14.0. The molecular weight excluding hydrogens is 399 g/mol. The molecular formula is C18H31IN4. The number of aliphatic imine (C=N–C) groups is 1. The zero-order chi connectivity index (χ0) is 15.8. The van der Waals surface area contributed by atoms with E-state index in [2.05, 4.69) is 41.4 Å². The van der Waals surface area contributed by atoms with Gasteiger partial charge in [-0.2, -0.15) is 0 Å². The summed E-state index contributed by atoms with van der Waals surface area (Å²) >= 11 is 0. The van der Waals surface area contributed by atoms with Crippen molar-refractivity contribution < 1.29 is 0 Å². The number of rotatable bonds is 5. The highest BCUT2D eigenvalue weighted by Gasteiger charge is 2.23. The molecule has 4 nitrogen and oxygen atoms in total. The second-order valence-corrected chi connectivity index (χ2v) is 6.52. The summed E-state index contributed by atoms with van der Waals surface area (Å²) in [7, 11) is 0. The zero-order valence-corrected chi connectivity index (χ0v) is 16.9. The molecule has 0 saturated heterocycles. The number of aromatic nitrogens is 1. The van der Waals surface area contributed by atoms with Gasteiger partial charge in [-0.25, -0.2) is 4.99 Å². The molecule has 2 rings (SSSR count). The molecule has 0 atom stereocenters. The largest absolute Gasteiger partial charge is 0.357 e. The van der Waals surface area contributed by atoms with Crippen LogP contribution in [0.3, 0.4) is 0 Å². The molecule has 1 fully saturated rings. The second-order valence-electron chi connectivity index (χ2n) is 6.52. The first kappa shape index (κ1) is 20.2. The lowest BCUT2D eigenvalue weighted by Crippen LogP contribution is -2.45. The van der Waals surface area contributed by atoms with E-state index in [1.807, 2.05) is 24.4 Å². The first-order valence-electron chi connectivity index (χ1n) is 8.63. The Morgan fingerprint density at radius 3 is 2.57 bits per heavy atom. The summed E-state index contributed by atoms with van der Waals surface area (Å²) in [6, 6.07) is 6.51. The van der Waals surface area contributed by atoms with E-state index < -0.39 is 0 Å². The average molecular weight is 430 g/mol. The van der Waals surface area contributed by atoms with Gasteiger partial charge in [0.05, 0.1) is 12.2 Å². The smallest absolute Gasteiger partial charge is 0.191 e. The number of nitrogens with one attached hydrogen (secondary N) is 2. The number of pyridine rings is 1. The minimum atomic E-state index is 0. The van der Waals surface area contributed by atoms with Crippen molar-refractivity contribution in [2.75, 3.05) is 6.54 Å². The van der Waals surface area contributed by atoms with E-state index in [-0.39, 0.29) is 24.0 Å². The molecule has 2 N–H and O–H groups in total. The van der Waals surface area contributed by atoms with Gasteiger partial charge in [-0.1, -0.05) is 19.9 Å². The van der Waals surface area contributed by atoms with Gasteiger partial charge in [0.2, 0.25) is 0 Å². The number of guanidine groups is 1. The van der Waals surface area contributed by atoms with Crippen molar-refractivity contribution in [1.82, 2.24) is 15.6 Å². The second kappa shape index (κ2) is 10.8. The summed E-state index contributed by atoms with van der Waals surface area (Å²) in [6.45, 7) is 8.30. The maximum Gasteiger partial charge on any atom is 0.191 e. The maximum absolute atomic E-state index is 4.66. The Morgan fingerprint density at radius 2 is 2.00 bits per heavy atom. The van der Waals surface area contributed by atoms with Crippen LogP contribution in [0.4, 0.5) is 0 Å². The average Bonchev–Trinajstić information content (AvgIpc) is 2.54. The summed E-state index contributed by atoms with van der Waals surface area (Å²) in [4.78, 5) is 8.99. The van der Waals surface area contributed by atoms with Gasteiger partial charge in [-0.3, -0.25) is 4.98 Å². The van der Waals surface area contributed by atoms with E-state index in [1.54, 1.807) is 0 Å². The van der Waals surface area contributed by atoms with Crippen LogP contribution in [0.25, 0.3) is 0 Å². The van der Waals surface area contributed by atoms with Crippen molar-refractivity contribution in [2.24, 2.45) is 16.8 Å². The Kier molecular flexibility index (Phi) is 9.52. The molecule has 1 aliphatic rings. The maximum atomic E-state index is 4.66. The van der Waals surface area contributed by atoms with Crippen molar-refractivity contribution in [3.05, 3.63) is 30.1 Å². The molecule has 1 saturated carbocycles. The molecule has 0 radical (unpaired) electrons. The molecule has 1 aromatic heterocycles. The molecule has 5 heteroatoms. The van der Waals surface area contributed by atoms with Crippen molar-refractivity contribution in [3.63, 3.8) is 0 Å². The van der Waals surface area contributed by atoms with Crippen LogP contribution in [0.15, 0.2) is 29.4 Å². The van der Waals surface area contributed by atoms with Crippen molar-refractivity contribution in [3.8, 4) is 0 Å². The summed E-state index contributed by atoms with van der Waals surface area (Å²) in [5.41, 5.74) is 1.00. The van der Waals surface area contributed by atoms with Gasteiger partial charge >= 0.3 is 0 Å². The Bertz CT molecular complexity index is 453. The van der Waals surface area contributed by atoms with E-state index in [9.17, 15) is 0 Å². The van der Waals surface area contributed by atoms with Crippen LogP contribution < -0.4 is 10.6 Å². The molecule has 1 aliphatic carbocycles. The zero-order valence-electron chi connectivity index (χ0n) is 14.6. The van der Waals surface area contributed by atoms with Crippen LogP contribution in [-0.2, 0) is 6.54 Å². The predicted molar refractivity (Wildman–Crippen MR) is 108 cm³/mol. The summed E-state index contributed by atoms with van der Waals surface area (Å²) in [5.74, 6) is 2.62. The Hall–Kier alpha value is -0.850. The number of hydrogen-bond donors (Lipinski definition) is 2. The van der Waals surface area contributed by atoms with Crippen LogP contribution in [0.1, 0.15) is 52.1 Å². The fourth-order valence-corrected chi connectivity index (χ4v) is 3.10.